The molecule has 39 heavy (non-hydrogen) atoms. The number of rotatable bonds is 6. The van der Waals surface area contributed by atoms with Gasteiger partial charge in [0.25, 0.3) is 0 Å². The van der Waals surface area contributed by atoms with Crippen LogP contribution in [0.4, 0.5) is 4.79 Å². The molecular formula is C29H31N5O5. The smallest absolute Gasteiger partial charge is 0.334 e. The van der Waals surface area contributed by atoms with Crippen molar-refractivity contribution in [2.75, 3.05) is 13.6 Å². The second kappa shape index (κ2) is 10.7. The number of carbonyl (C=O) groups is 4. The molecule has 0 unspecified atom stereocenters. The first-order valence-electron chi connectivity index (χ1n) is 12.9. The van der Waals surface area contributed by atoms with E-state index < -0.39 is 48.5 Å². The molecule has 3 aromatic carbocycles. The number of amides is 4. The minimum Gasteiger partial charge on any atom is -0.481 e. The number of likely N-dealkylation sites (N-methyl/N-ethyl adjacent to an activating group) is 1. The highest BCUT2D eigenvalue weighted by molar-refractivity contribution is 5.94. The Hall–Kier alpha value is -4.44. The number of fused-ring (bicyclic) bond motifs is 2. The van der Waals surface area contributed by atoms with E-state index in [4.69, 9.17) is 0 Å². The number of nitrogens with one attached hydrogen (secondary N) is 1. The zero-order chi connectivity index (χ0) is 27.7. The van der Waals surface area contributed by atoms with Gasteiger partial charge in [-0.25, -0.2) is 14.8 Å². The zero-order valence-corrected chi connectivity index (χ0v) is 21.9. The molecule has 202 valence electrons. The molecule has 4 amide bonds. The summed E-state index contributed by atoms with van der Waals surface area (Å²) in [7, 11) is 1.64. The van der Waals surface area contributed by atoms with E-state index >= 15 is 0 Å². The fraction of sp³-hybridized carbons (Fsp3) is 0.310. The van der Waals surface area contributed by atoms with Crippen molar-refractivity contribution in [3.8, 4) is 0 Å². The quantitative estimate of drug-likeness (QED) is 0.508. The first kappa shape index (κ1) is 26.2. The molecule has 10 nitrogen and oxygen atoms in total. The van der Waals surface area contributed by atoms with Crippen molar-refractivity contribution < 1.29 is 24.3 Å². The molecule has 2 saturated heterocycles. The summed E-state index contributed by atoms with van der Waals surface area (Å²) in [6.07, 6.45) is -1.44. The van der Waals surface area contributed by atoms with E-state index in [1.165, 1.54) is 14.9 Å². The molecule has 0 bridgehead atoms. The number of carboxylic acid groups (broad SMARTS) is 1. The van der Waals surface area contributed by atoms with E-state index in [9.17, 15) is 24.3 Å². The Morgan fingerprint density at radius 1 is 0.974 bits per heavy atom. The number of nitrogens with zero attached hydrogens (tertiary/aromatic N) is 4. The molecule has 0 spiro atoms. The molecule has 2 aliphatic rings. The summed E-state index contributed by atoms with van der Waals surface area (Å²) in [6.45, 7) is 2.12. The standard InChI is InChI=1S/C29H31N5O5/c1-19-27-33(25(35)18-31(2)34(27)29(39)30-16-20-9-4-3-5-10-20)24(15-26(36)37)28(38)32(19)17-22-13-8-12-21-11-6-7-14-23(21)22/h3-14,19,24,27H,15-18H2,1-2H3,(H,30,39)(H,36,37)/t19-,24-,27-/m0/s1. The normalized spacial score (nSPS) is 21.7. The Bertz CT molecular complexity index is 1410. The Morgan fingerprint density at radius 3 is 2.41 bits per heavy atom. The van der Waals surface area contributed by atoms with Crippen LogP contribution in [0.25, 0.3) is 10.8 Å². The highest BCUT2D eigenvalue weighted by atomic mass is 16.4. The van der Waals surface area contributed by atoms with E-state index in [-0.39, 0.29) is 19.6 Å². The highest BCUT2D eigenvalue weighted by Crippen LogP contribution is 2.33. The lowest BCUT2D eigenvalue weighted by atomic mass is 9.96. The third-order valence-electron chi connectivity index (χ3n) is 7.47. The van der Waals surface area contributed by atoms with Crippen LogP contribution in [0, 0.1) is 0 Å². The van der Waals surface area contributed by atoms with Crippen LogP contribution in [0.3, 0.4) is 0 Å². The van der Waals surface area contributed by atoms with Crippen LogP contribution in [0.2, 0.25) is 0 Å². The molecule has 2 aliphatic heterocycles. The average Bonchev–Trinajstić information content (AvgIpc) is 2.92. The second-order valence-electron chi connectivity index (χ2n) is 9.98. The summed E-state index contributed by atoms with van der Waals surface area (Å²) < 4.78 is 0. The van der Waals surface area contributed by atoms with Crippen molar-refractivity contribution in [2.45, 2.75) is 44.7 Å². The lowest BCUT2D eigenvalue weighted by molar-refractivity contribution is -0.197. The Labute approximate surface area is 226 Å². The summed E-state index contributed by atoms with van der Waals surface area (Å²) in [6, 6.07) is 20.8. The molecule has 3 atom stereocenters. The summed E-state index contributed by atoms with van der Waals surface area (Å²) >= 11 is 0. The van der Waals surface area contributed by atoms with E-state index in [1.807, 2.05) is 72.8 Å². The number of piperazine rings is 1. The number of urea groups is 1. The molecule has 0 aliphatic carbocycles. The molecule has 2 fully saturated rings. The van der Waals surface area contributed by atoms with Crippen molar-refractivity contribution >= 4 is 34.6 Å². The summed E-state index contributed by atoms with van der Waals surface area (Å²) in [5.41, 5.74) is 1.80. The van der Waals surface area contributed by atoms with Crippen LogP contribution in [-0.4, -0.2) is 80.6 Å². The Morgan fingerprint density at radius 2 is 1.67 bits per heavy atom. The largest absolute Gasteiger partial charge is 0.481 e. The zero-order valence-electron chi connectivity index (χ0n) is 21.9. The first-order chi connectivity index (χ1) is 18.8. The molecule has 0 radical (unpaired) electrons. The molecule has 5 rings (SSSR count). The van der Waals surface area contributed by atoms with Gasteiger partial charge in [0.2, 0.25) is 11.8 Å². The maximum atomic E-state index is 13.8. The number of hydrogen-bond donors (Lipinski definition) is 2. The first-order valence-corrected chi connectivity index (χ1v) is 12.9. The Kier molecular flexibility index (Phi) is 7.21. The average molecular weight is 530 g/mol. The minimum atomic E-state index is -1.23. The van der Waals surface area contributed by atoms with Gasteiger partial charge in [-0.3, -0.25) is 14.4 Å². The van der Waals surface area contributed by atoms with Gasteiger partial charge < -0.3 is 20.2 Å². The van der Waals surface area contributed by atoms with Gasteiger partial charge >= 0.3 is 12.0 Å². The van der Waals surface area contributed by atoms with Crippen molar-refractivity contribution in [3.05, 3.63) is 83.9 Å². The highest BCUT2D eigenvalue weighted by Gasteiger charge is 2.54. The number of carboxylic acids is 1. The molecule has 0 saturated carbocycles. The third kappa shape index (κ3) is 5.03. The van der Waals surface area contributed by atoms with Gasteiger partial charge in [-0.15, -0.1) is 0 Å². The van der Waals surface area contributed by atoms with Crippen LogP contribution >= 0.6 is 0 Å². The van der Waals surface area contributed by atoms with Gasteiger partial charge in [0.15, 0.2) is 0 Å². The van der Waals surface area contributed by atoms with Crippen LogP contribution in [-0.2, 0) is 27.5 Å². The Balaban J connectivity index is 1.50. The van der Waals surface area contributed by atoms with E-state index in [1.54, 1.807) is 18.9 Å². The number of hydrazine groups is 1. The molecule has 2 N–H and O–H groups in total. The van der Waals surface area contributed by atoms with Gasteiger partial charge in [-0.2, -0.15) is 0 Å². The SMILES string of the molecule is C[C@H]1[C@H]2N(C(=O)CN(C)N2C(=O)NCc2ccccc2)[C@@H](CC(=O)O)C(=O)N1Cc1cccc2ccccc12. The van der Waals surface area contributed by atoms with Crippen LogP contribution in [0.1, 0.15) is 24.5 Å². The fourth-order valence-corrected chi connectivity index (χ4v) is 5.60. The predicted octanol–water partition coefficient (Wildman–Crippen LogP) is 2.64. The van der Waals surface area contributed by atoms with Gasteiger partial charge in [0.1, 0.15) is 12.2 Å². The number of hydrogen-bond acceptors (Lipinski definition) is 5. The van der Waals surface area contributed by atoms with Gasteiger partial charge in [-0.1, -0.05) is 72.8 Å². The lowest BCUT2D eigenvalue weighted by Crippen LogP contribution is -2.78. The molecule has 2 heterocycles. The van der Waals surface area contributed by atoms with Crippen LogP contribution < -0.4 is 5.32 Å². The number of carbonyl (C=O) groups excluding carboxylic acids is 3. The van der Waals surface area contributed by atoms with Crippen molar-refractivity contribution in [1.82, 2.24) is 25.1 Å². The lowest BCUT2D eigenvalue weighted by Gasteiger charge is -2.57. The van der Waals surface area contributed by atoms with E-state index in [2.05, 4.69) is 5.32 Å². The van der Waals surface area contributed by atoms with Gasteiger partial charge in [0.05, 0.1) is 19.0 Å². The third-order valence-corrected chi connectivity index (χ3v) is 7.47. The molecular weight excluding hydrogens is 498 g/mol. The maximum Gasteiger partial charge on any atom is 0.334 e. The fourth-order valence-electron chi connectivity index (χ4n) is 5.60. The van der Waals surface area contributed by atoms with Gasteiger partial charge in [0, 0.05) is 20.1 Å². The van der Waals surface area contributed by atoms with Crippen molar-refractivity contribution in [2.24, 2.45) is 0 Å². The van der Waals surface area contributed by atoms with Crippen molar-refractivity contribution in [3.63, 3.8) is 0 Å². The topological polar surface area (TPSA) is 114 Å². The minimum absolute atomic E-state index is 0.158. The molecule has 10 heteroatoms. The maximum absolute atomic E-state index is 13.8. The summed E-state index contributed by atoms with van der Waals surface area (Å²) in [5.74, 6) is -2.04. The van der Waals surface area contributed by atoms with E-state index in [0.29, 0.717) is 0 Å². The molecule has 3 aromatic rings. The van der Waals surface area contributed by atoms with Gasteiger partial charge in [-0.05, 0) is 28.8 Å². The van der Waals surface area contributed by atoms with Crippen LogP contribution in [0.15, 0.2) is 72.8 Å². The predicted molar refractivity (Wildman–Crippen MR) is 144 cm³/mol. The van der Waals surface area contributed by atoms with Crippen LogP contribution in [0.5, 0.6) is 0 Å². The summed E-state index contributed by atoms with van der Waals surface area (Å²) in [5, 5.41) is 17.5. The van der Waals surface area contributed by atoms with Crippen molar-refractivity contribution in [1.29, 1.82) is 0 Å². The number of aliphatic carboxylic acids is 1. The molecule has 0 aromatic heterocycles. The monoisotopic (exact) mass is 529 g/mol. The summed E-state index contributed by atoms with van der Waals surface area (Å²) in [4.78, 5) is 55.4. The van der Waals surface area contributed by atoms with E-state index in [0.717, 1.165) is 21.9 Å². The second-order valence-corrected chi connectivity index (χ2v) is 9.98. The number of benzene rings is 3.